The fourth-order valence-electron chi connectivity index (χ4n) is 2.27. The van der Waals surface area contributed by atoms with Gasteiger partial charge in [-0.2, -0.15) is 0 Å². The van der Waals surface area contributed by atoms with Gasteiger partial charge in [0.2, 0.25) is 0 Å². The molecule has 0 unspecified atom stereocenters. The van der Waals surface area contributed by atoms with Crippen LogP contribution in [-0.4, -0.2) is 25.8 Å². The van der Waals surface area contributed by atoms with Gasteiger partial charge in [0.1, 0.15) is 5.76 Å². The highest BCUT2D eigenvalue weighted by molar-refractivity contribution is 5.88. The molecule has 0 aliphatic carbocycles. The van der Waals surface area contributed by atoms with Crippen LogP contribution < -0.4 is 0 Å². The van der Waals surface area contributed by atoms with Gasteiger partial charge in [0.25, 0.3) is 0 Å². The van der Waals surface area contributed by atoms with Crippen molar-refractivity contribution in [1.82, 2.24) is 4.98 Å². The molecule has 2 aromatic rings. The van der Waals surface area contributed by atoms with E-state index in [2.05, 4.69) is 36.7 Å². The summed E-state index contributed by atoms with van der Waals surface area (Å²) < 4.78 is 10.4. The van der Waals surface area contributed by atoms with Crippen LogP contribution >= 0.6 is 0 Å². The minimum Gasteiger partial charge on any atom is -0.496 e. The third kappa shape index (κ3) is 3.44. The minimum atomic E-state index is 0.578. The predicted molar refractivity (Wildman–Crippen MR) is 88.2 cm³/mol. The fraction of sp³-hybridized carbons (Fsp3) is 0.222. The first-order chi connectivity index (χ1) is 10.2. The summed E-state index contributed by atoms with van der Waals surface area (Å²) in [5.41, 5.74) is 4.27. The molecule has 3 heteroatoms. The van der Waals surface area contributed by atoms with Crippen molar-refractivity contribution in [2.75, 3.05) is 20.8 Å². The Morgan fingerprint density at radius 3 is 2.86 bits per heavy atom. The molecule has 0 atom stereocenters. The highest BCUT2D eigenvalue weighted by atomic mass is 16.5. The monoisotopic (exact) mass is 283 g/mol. The van der Waals surface area contributed by atoms with Crippen LogP contribution in [0.1, 0.15) is 11.1 Å². The summed E-state index contributed by atoms with van der Waals surface area (Å²) in [7, 11) is 3.32. The van der Waals surface area contributed by atoms with E-state index in [-0.39, 0.29) is 0 Å². The first-order valence-corrected chi connectivity index (χ1v) is 6.84. The van der Waals surface area contributed by atoms with Crippen molar-refractivity contribution in [1.29, 1.82) is 0 Å². The summed E-state index contributed by atoms with van der Waals surface area (Å²) in [6.07, 6.45) is 7.69. The summed E-state index contributed by atoms with van der Waals surface area (Å²) in [6, 6.07) is 6.32. The van der Waals surface area contributed by atoms with Gasteiger partial charge in [-0.15, -0.1) is 0 Å². The van der Waals surface area contributed by atoms with Crippen LogP contribution in [0.5, 0.6) is 0 Å². The van der Waals surface area contributed by atoms with Gasteiger partial charge < -0.3 is 14.5 Å². The molecule has 0 spiro atoms. The fourth-order valence-corrected chi connectivity index (χ4v) is 2.27. The van der Waals surface area contributed by atoms with Gasteiger partial charge in [-0.3, -0.25) is 0 Å². The Morgan fingerprint density at radius 2 is 2.14 bits per heavy atom. The molecule has 1 aromatic carbocycles. The largest absolute Gasteiger partial charge is 0.496 e. The molecule has 0 amide bonds. The van der Waals surface area contributed by atoms with Crippen molar-refractivity contribution in [2.45, 2.75) is 6.92 Å². The molecule has 0 aliphatic rings. The van der Waals surface area contributed by atoms with Crippen molar-refractivity contribution < 1.29 is 9.47 Å². The molecule has 2 rings (SSSR count). The number of allylic oxidation sites excluding steroid dienone is 3. The number of rotatable bonds is 6. The summed E-state index contributed by atoms with van der Waals surface area (Å²) in [5.74, 6) is 0.750. The first kappa shape index (κ1) is 15.1. The van der Waals surface area contributed by atoms with Crippen molar-refractivity contribution in [3.8, 4) is 0 Å². The van der Waals surface area contributed by atoms with Crippen molar-refractivity contribution in [3.63, 3.8) is 0 Å². The van der Waals surface area contributed by atoms with E-state index in [4.69, 9.17) is 9.47 Å². The maximum Gasteiger partial charge on any atom is 0.126 e. The lowest BCUT2D eigenvalue weighted by Gasteiger charge is -2.12. The molecule has 1 heterocycles. The van der Waals surface area contributed by atoms with Gasteiger partial charge in [0.15, 0.2) is 0 Å². The third-order valence-corrected chi connectivity index (χ3v) is 3.39. The Bertz CT molecular complexity index is 692. The number of hydrogen-bond acceptors (Lipinski definition) is 2. The number of ether oxygens (including phenoxy) is 2. The third-order valence-electron chi connectivity index (χ3n) is 3.39. The molecule has 0 saturated carbocycles. The van der Waals surface area contributed by atoms with E-state index in [1.54, 1.807) is 14.2 Å². The molecule has 110 valence electrons. The van der Waals surface area contributed by atoms with Crippen LogP contribution in [0.25, 0.3) is 16.5 Å². The Hall–Kier alpha value is -2.26. The van der Waals surface area contributed by atoms with Gasteiger partial charge in [0.05, 0.1) is 13.7 Å². The van der Waals surface area contributed by atoms with Crippen LogP contribution in [-0.2, 0) is 9.47 Å². The molecule has 0 saturated heterocycles. The number of H-pyrrole nitrogens is 1. The number of nitrogens with one attached hydrogen (secondary N) is 1. The van der Waals surface area contributed by atoms with E-state index in [0.717, 1.165) is 22.4 Å². The standard InChI is InChI=1S/C18H21NO2/c1-13-11-17-15(8-9-19-17)12-16(13)14(2)18(21-4)7-5-6-10-20-3/h5-9,11-12,19H,2,10H2,1,3-4H3/b6-5-,18-7+. The van der Waals surface area contributed by atoms with E-state index in [1.807, 2.05) is 24.4 Å². The summed E-state index contributed by atoms with van der Waals surface area (Å²) in [4.78, 5) is 3.22. The average molecular weight is 283 g/mol. The second-order valence-electron chi connectivity index (χ2n) is 4.83. The maximum atomic E-state index is 5.46. The number of aryl methyl sites for hydroxylation is 1. The normalized spacial score (nSPS) is 12.2. The summed E-state index contributed by atoms with van der Waals surface area (Å²) in [5, 5.41) is 1.17. The number of fused-ring (bicyclic) bond motifs is 1. The molecule has 0 radical (unpaired) electrons. The zero-order chi connectivity index (χ0) is 15.2. The van der Waals surface area contributed by atoms with Gasteiger partial charge in [-0.1, -0.05) is 18.7 Å². The predicted octanol–water partition coefficient (Wildman–Crippen LogP) is 4.22. The van der Waals surface area contributed by atoms with Crippen LogP contribution in [0.4, 0.5) is 0 Å². The van der Waals surface area contributed by atoms with E-state index >= 15 is 0 Å². The molecular formula is C18H21NO2. The SMILES string of the molecule is C=C(/C(=C\C=C/COC)OC)c1cc2cc[nH]c2cc1C. The number of hydrogen-bond donors (Lipinski definition) is 1. The van der Waals surface area contributed by atoms with Crippen LogP contribution in [0.15, 0.2) is 55.0 Å². The smallest absolute Gasteiger partial charge is 0.126 e. The molecular weight excluding hydrogens is 262 g/mol. The number of benzene rings is 1. The van der Waals surface area contributed by atoms with E-state index < -0.39 is 0 Å². The zero-order valence-electron chi connectivity index (χ0n) is 12.8. The highest BCUT2D eigenvalue weighted by Gasteiger charge is 2.10. The van der Waals surface area contributed by atoms with Crippen molar-refractivity contribution in [2.24, 2.45) is 0 Å². The summed E-state index contributed by atoms with van der Waals surface area (Å²) in [6.45, 7) is 6.83. The Morgan fingerprint density at radius 1 is 1.33 bits per heavy atom. The van der Waals surface area contributed by atoms with Crippen molar-refractivity contribution >= 4 is 16.5 Å². The highest BCUT2D eigenvalue weighted by Crippen LogP contribution is 2.28. The maximum absolute atomic E-state index is 5.46. The van der Waals surface area contributed by atoms with E-state index in [1.165, 1.54) is 10.9 Å². The quantitative estimate of drug-likeness (QED) is 0.636. The molecule has 0 aliphatic heterocycles. The van der Waals surface area contributed by atoms with Gasteiger partial charge in [-0.25, -0.2) is 0 Å². The number of methoxy groups -OCH3 is 2. The van der Waals surface area contributed by atoms with Gasteiger partial charge >= 0.3 is 0 Å². The number of aromatic nitrogens is 1. The van der Waals surface area contributed by atoms with Crippen LogP contribution in [0.2, 0.25) is 0 Å². The van der Waals surface area contributed by atoms with E-state index in [0.29, 0.717) is 6.61 Å². The van der Waals surface area contributed by atoms with Crippen LogP contribution in [0, 0.1) is 6.92 Å². The molecule has 0 bridgehead atoms. The van der Waals surface area contributed by atoms with Crippen molar-refractivity contribution in [3.05, 3.63) is 66.1 Å². The first-order valence-electron chi connectivity index (χ1n) is 6.84. The lowest BCUT2D eigenvalue weighted by molar-refractivity contribution is 0.234. The lowest BCUT2D eigenvalue weighted by atomic mass is 9.98. The Kier molecular flexibility index (Phi) is 5.01. The minimum absolute atomic E-state index is 0.578. The van der Waals surface area contributed by atoms with Gasteiger partial charge in [0, 0.05) is 24.4 Å². The Balaban J connectivity index is 2.32. The topological polar surface area (TPSA) is 34.2 Å². The molecule has 3 nitrogen and oxygen atoms in total. The molecule has 1 N–H and O–H groups in total. The second-order valence-corrected chi connectivity index (χ2v) is 4.83. The Labute approximate surface area is 125 Å². The average Bonchev–Trinajstić information content (AvgIpc) is 2.93. The molecule has 1 aromatic heterocycles. The molecule has 21 heavy (non-hydrogen) atoms. The molecule has 0 fully saturated rings. The lowest BCUT2D eigenvalue weighted by Crippen LogP contribution is -1.94. The van der Waals surface area contributed by atoms with E-state index in [9.17, 15) is 0 Å². The second kappa shape index (κ2) is 6.95. The number of aromatic amines is 1. The zero-order valence-corrected chi connectivity index (χ0v) is 12.8. The summed E-state index contributed by atoms with van der Waals surface area (Å²) >= 11 is 0. The van der Waals surface area contributed by atoms with Crippen LogP contribution in [0.3, 0.4) is 0 Å². The van der Waals surface area contributed by atoms with Gasteiger partial charge in [-0.05, 0) is 47.7 Å².